The van der Waals surface area contributed by atoms with Crippen LogP contribution >= 0.6 is 0 Å². The normalized spacial score (nSPS) is 27.3. The van der Waals surface area contributed by atoms with Gasteiger partial charge in [-0.3, -0.25) is 9.89 Å². The minimum absolute atomic E-state index is 0.0706. The van der Waals surface area contributed by atoms with Crippen molar-refractivity contribution in [3.8, 4) is 0 Å². The first-order valence-corrected chi connectivity index (χ1v) is 9.26. The SMILES string of the molecule is CCNC(=NCC1(C)CCCO1)NCCN1CCN(CC)CC1. The molecule has 0 saturated carbocycles. The van der Waals surface area contributed by atoms with Gasteiger partial charge in [0.25, 0.3) is 0 Å². The third kappa shape index (κ3) is 6.28. The monoisotopic (exact) mass is 325 g/mol. The van der Waals surface area contributed by atoms with E-state index in [0.29, 0.717) is 0 Å². The van der Waals surface area contributed by atoms with Gasteiger partial charge in [0, 0.05) is 52.4 Å². The zero-order valence-electron chi connectivity index (χ0n) is 15.2. The molecule has 2 N–H and O–H groups in total. The maximum absolute atomic E-state index is 5.81. The Bertz CT molecular complexity index is 360. The lowest BCUT2D eigenvalue weighted by atomic mass is 10.0. The number of nitrogens with zero attached hydrogens (tertiary/aromatic N) is 3. The van der Waals surface area contributed by atoms with Crippen LogP contribution in [0, 0.1) is 0 Å². The first-order chi connectivity index (χ1) is 11.1. The zero-order valence-corrected chi connectivity index (χ0v) is 15.2. The fraction of sp³-hybridized carbons (Fsp3) is 0.941. The Balaban J connectivity index is 1.69. The molecule has 0 spiro atoms. The summed E-state index contributed by atoms with van der Waals surface area (Å²) in [6, 6.07) is 0. The van der Waals surface area contributed by atoms with Crippen LogP contribution in [0.5, 0.6) is 0 Å². The van der Waals surface area contributed by atoms with Crippen LogP contribution in [0.1, 0.15) is 33.6 Å². The topological polar surface area (TPSA) is 52.1 Å². The molecular weight excluding hydrogens is 290 g/mol. The van der Waals surface area contributed by atoms with Gasteiger partial charge in [-0.1, -0.05) is 6.92 Å². The van der Waals surface area contributed by atoms with Crippen LogP contribution in [0.4, 0.5) is 0 Å². The van der Waals surface area contributed by atoms with E-state index in [1.807, 2.05) is 0 Å². The van der Waals surface area contributed by atoms with Gasteiger partial charge in [-0.15, -0.1) is 0 Å². The van der Waals surface area contributed by atoms with Crippen molar-refractivity contribution in [2.75, 3.05) is 65.5 Å². The Morgan fingerprint density at radius 1 is 1.13 bits per heavy atom. The van der Waals surface area contributed by atoms with E-state index in [1.54, 1.807) is 0 Å². The van der Waals surface area contributed by atoms with E-state index in [9.17, 15) is 0 Å². The van der Waals surface area contributed by atoms with Crippen molar-refractivity contribution < 1.29 is 4.74 Å². The quantitative estimate of drug-likeness (QED) is 0.534. The molecule has 0 aliphatic carbocycles. The van der Waals surface area contributed by atoms with Crippen LogP contribution in [0.15, 0.2) is 4.99 Å². The third-order valence-corrected chi connectivity index (χ3v) is 4.85. The number of hydrogen-bond acceptors (Lipinski definition) is 4. The molecule has 0 amide bonds. The molecule has 2 aliphatic rings. The van der Waals surface area contributed by atoms with Gasteiger partial charge in [0.05, 0.1) is 12.1 Å². The van der Waals surface area contributed by atoms with E-state index < -0.39 is 0 Å². The summed E-state index contributed by atoms with van der Waals surface area (Å²) in [5.74, 6) is 0.913. The van der Waals surface area contributed by atoms with Crippen molar-refractivity contribution >= 4 is 5.96 Å². The average molecular weight is 326 g/mol. The molecule has 6 nitrogen and oxygen atoms in total. The zero-order chi connectivity index (χ0) is 16.5. The van der Waals surface area contributed by atoms with Gasteiger partial charge in [0.15, 0.2) is 5.96 Å². The number of rotatable bonds is 7. The van der Waals surface area contributed by atoms with Crippen molar-refractivity contribution in [3.63, 3.8) is 0 Å². The highest BCUT2D eigenvalue weighted by molar-refractivity contribution is 5.79. The van der Waals surface area contributed by atoms with Gasteiger partial charge in [0.1, 0.15) is 0 Å². The lowest BCUT2D eigenvalue weighted by Crippen LogP contribution is -2.49. The van der Waals surface area contributed by atoms with Crippen molar-refractivity contribution in [2.24, 2.45) is 4.99 Å². The Morgan fingerprint density at radius 3 is 2.48 bits per heavy atom. The van der Waals surface area contributed by atoms with Crippen LogP contribution in [-0.2, 0) is 4.74 Å². The van der Waals surface area contributed by atoms with E-state index in [2.05, 4.69) is 41.2 Å². The molecule has 0 aromatic rings. The van der Waals surface area contributed by atoms with Crippen molar-refractivity contribution in [1.29, 1.82) is 0 Å². The Hall–Kier alpha value is -0.850. The van der Waals surface area contributed by atoms with Crippen molar-refractivity contribution in [3.05, 3.63) is 0 Å². The Morgan fingerprint density at radius 2 is 1.87 bits per heavy atom. The molecule has 2 rings (SSSR count). The van der Waals surface area contributed by atoms with Gasteiger partial charge in [-0.2, -0.15) is 0 Å². The fourth-order valence-electron chi connectivity index (χ4n) is 3.21. The Labute approximate surface area is 141 Å². The van der Waals surface area contributed by atoms with Crippen LogP contribution in [-0.4, -0.2) is 86.9 Å². The largest absolute Gasteiger partial charge is 0.373 e. The summed E-state index contributed by atoms with van der Waals surface area (Å²) in [5.41, 5.74) is -0.0706. The predicted molar refractivity (Wildman–Crippen MR) is 96.1 cm³/mol. The summed E-state index contributed by atoms with van der Waals surface area (Å²) in [4.78, 5) is 9.76. The lowest BCUT2D eigenvalue weighted by Gasteiger charge is -2.34. The van der Waals surface area contributed by atoms with E-state index in [-0.39, 0.29) is 5.60 Å². The van der Waals surface area contributed by atoms with E-state index >= 15 is 0 Å². The number of nitrogens with one attached hydrogen (secondary N) is 2. The van der Waals surface area contributed by atoms with Crippen molar-refractivity contribution in [2.45, 2.75) is 39.2 Å². The molecule has 2 aliphatic heterocycles. The third-order valence-electron chi connectivity index (χ3n) is 4.85. The molecular formula is C17H35N5O. The molecule has 2 heterocycles. The number of ether oxygens (including phenoxy) is 1. The van der Waals surface area contributed by atoms with Crippen LogP contribution in [0.3, 0.4) is 0 Å². The summed E-state index contributed by atoms with van der Waals surface area (Å²) < 4.78 is 5.81. The second-order valence-electron chi connectivity index (χ2n) is 6.80. The fourth-order valence-corrected chi connectivity index (χ4v) is 3.21. The summed E-state index contributed by atoms with van der Waals surface area (Å²) in [6.07, 6.45) is 2.26. The molecule has 1 atom stereocenters. The van der Waals surface area contributed by atoms with Gasteiger partial charge >= 0.3 is 0 Å². The van der Waals surface area contributed by atoms with Gasteiger partial charge < -0.3 is 20.3 Å². The standard InChI is InChI=1S/C17H35N5O/c1-4-18-16(20-15-17(3)7-6-14-23-17)19-8-9-22-12-10-21(5-2)11-13-22/h4-15H2,1-3H3,(H2,18,19,20). The summed E-state index contributed by atoms with van der Waals surface area (Å²) >= 11 is 0. The van der Waals surface area contributed by atoms with Crippen LogP contribution in [0.25, 0.3) is 0 Å². The van der Waals surface area contributed by atoms with E-state index in [4.69, 9.17) is 9.73 Å². The molecule has 1 unspecified atom stereocenters. The van der Waals surface area contributed by atoms with Gasteiger partial charge in [0.2, 0.25) is 0 Å². The summed E-state index contributed by atoms with van der Waals surface area (Å²) in [7, 11) is 0. The summed E-state index contributed by atoms with van der Waals surface area (Å²) in [6.45, 7) is 16.9. The predicted octanol–water partition coefficient (Wildman–Crippen LogP) is 0.748. The second kappa shape index (κ2) is 9.45. The molecule has 2 fully saturated rings. The van der Waals surface area contributed by atoms with Gasteiger partial charge in [-0.25, -0.2) is 0 Å². The smallest absolute Gasteiger partial charge is 0.191 e. The minimum atomic E-state index is -0.0706. The van der Waals surface area contributed by atoms with Crippen LogP contribution < -0.4 is 10.6 Å². The van der Waals surface area contributed by atoms with Crippen LogP contribution in [0.2, 0.25) is 0 Å². The van der Waals surface area contributed by atoms with E-state index in [0.717, 1.165) is 51.6 Å². The molecule has 0 aromatic carbocycles. The molecule has 0 radical (unpaired) electrons. The molecule has 0 bridgehead atoms. The van der Waals surface area contributed by atoms with E-state index in [1.165, 1.54) is 32.7 Å². The maximum Gasteiger partial charge on any atom is 0.191 e. The molecule has 2 saturated heterocycles. The number of piperazine rings is 1. The molecule has 23 heavy (non-hydrogen) atoms. The highest BCUT2D eigenvalue weighted by Gasteiger charge is 2.29. The number of hydrogen-bond donors (Lipinski definition) is 2. The Kier molecular flexibility index (Phi) is 7.59. The molecule has 0 aromatic heterocycles. The number of aliphatic imine (C=N–C) groups is 1. The minimum Gasteiger partial charge on any atom is -0.373 e. The first kappa shape index (κ1) is 18.5. The highest BCUT2D eigenvalue weighted by Crippen LogP contribution is 2.24. The summed E-state index contributed by atoms with van der Waals surface area (Å²) in [5, 5.41) is 6.80. The second-order valence-corrected chi connectivity index (χ2v) is 6.80. The first-order valence-electron chi connectivity index (χ1n) is 9.26. The van der Waals surface area contributed by atoms with Gasteiger partial charge in [-0.05, 0) is 33.2 Å². The molecule has 134 valence electrons. The number of likely N-dealkylation sites (N-methyl/N-ethyl adjacent to an activating group) is 1. The van der Waals surface area contributed by atoms with Crippen molar-refractivity contribution in [1.82, 2.24) is 20.4 Å². The lowest BCUT2D eigenvalue weighted by molar-refractivity contribution is 0.0283. The molecule has 6 heteroatoms. The average Bonchev–Trinajstić information content (AvgIpc) is 3.00. The number of guanidine groups is 1. The maximum atomic E-state index is 5.81. The highest BCUT2D eigenvalue weighted by atomic mass is 16.5.